The maximum Gasteiger partial charge on any atom is 0.259 e. The highest BCUT2D eigenvalue weighted by atomic mass is 32.1. The van der Waals surface area contributed by atoms with E-state index in [4.69, 9.17) is 9.05 Å². The van der Waals surface area contributed by atoms with Gasteiger partial charge in [0.25, 0.3) is 5.91 Å². The van der Waals surface area contributed by atoms with E-state index in [0.29, 0.717) is 48.4 Å². The van der Waals surface area contributed by atoms with Crippen molar-refractivity contribution < 1.29 is 13.8 Å². The topological polar surface area (TPSA) is 88.5 Å². The SMILES string of the molecule is Cc1noc(C(C)C)c1C(=O)N1CCN(Cc2nc(-c3cccs3)no2)CC1. The average molecular weight is 401 g/mol. The molecule has 0 aromatic carbocycles. The first-order chi connectivity index (χ1) is 13.5. The van der Waals surface area contributed by atoms with Crippen LogP contribution in [0.3, 0.4) is 0 Å². The first-order valence-corrected chi connectivity index (χ1v) is 10.2. The van der Waals surface area contributed by atoms with Crippen LogP contribution in [-0.4, -0.2) is 57.2 Å². The molecule has 0 N–H and O–H groups in total. The molecule has 4 rings (SSSR count). The fourth-order valence-corrected chi connectivity index (χ4v) is 3.97. The van der Waals surface area contributed by atoms with Crippen molar-refractivity contribution in [1.82, 2.24) is 25.1 Å². The zero-order valence-corrected chi connectivity index (χ0v) is 17.0. The van der Waals surface area contributed by atoms with Gasteiger partial charge in [-0.25, -0.2) is 0 Å². The van der Waals surface area contributed by atoms with Crippen LogP contribution in [-0.2, 0) is 6.54 Å². The Kier molecular flexibility index (Phi) is 5.27. The van der Waals surface area contributed by atoms with Crippen LogP contribution in [0, 0.1) is 6.92 Å². The summed E-state index contributed by atoms with van der Waals surface area (Å²) in [6, 6.07) is 3.94. The van der Waals surface area contributed by atoms with Crippen LogP contribution in [0.2, 0.25) is 0 Å². The lowest BCUT2D eigenvalue weighted by molar-refractivity contribution is 0.0612. The molecule has 28 heavy (non-hydrogen) atoms. The third-order valence-corrected chi connectivity index (χ3v) is 5.72. The van der Waals surface area contributed by atoms with Gasteiger partial charge in [0.05, 0.1) is 17.1 Å². The third kappa shape index (κ3) is 3.72. The van der Waals surface area contributed by atoms with E-state index in [0.717, 1.165) is 18.0 Å². The van der Waals surface area contributed by atoms with Crippen molar-refractivity contribution in [2.75, 3.05) is 26.2 Å². The predicted octanol–water partition coefficient (Wildman–Crippen LogP) is 3.18. The van der Waals surface area contributed by atoms with Gasteiger partial charge < -0.3 is 13.9 Å². The zero-order valence-electron chi connectivity index (χ0n) is 16.2. The second-order valence-corrected chi connectivity index (χ2v) is 8.17. The van der Waals surface area contributed by atoms with Gasteiger partial charge in [0.2, 0.25) is 11.7 Å². The van der Waals surface area contributed by atoms with Crippen molar-refractivity contribution in [3.63, 3.8) is 0 Å². The van der Waals surface area contributed by atoms with Crippen LogP contribution < -0.4 is 0 Å². The smallest absolute Gasteiger partial charge is 0.259 e. The Morgan fingerprint density at radius 1 is 1.21 bits per heavy atom. The molecule has 0 aliphatic carbocycles. The van der Waals surface area contributed by atoms with Gasteiger partial charge in [-0.1, -0.05) is 30.2 Å². The van der Waals surface area contributed by atoms with Crippen molar-refractivity contribution in [1.29, 1.82) is 0 Å². The average Bonchev–Trinajstić information content (AvgIpc) is 3.42. The van der Waals surface area contributed by atoms with Crippen molar-refractivity contribution in [2.45, 2.75) is 33.2 Å². The molecule has 8 nitrogen and oxygen atoms in total. The van der Waals surface area contributed by atoms with Crippen LogP contribution in [0.1, 0.15) is 47.5 Å². The van der Waals surface area contributed by atoms with E-state index in [9.17, 15) is 4.79 Å². The van der Waals surface area contributed by atoms with E-state index in [1.807, 2.05) is 43.2 Å². The van der Waals surface area contributed by atoms with E-state index < -0.39 is 0 Å². The van der Waals surface area contributed by atoms with Crippen LogP contribution in [0.25, 0.3) is 10.7 Å². The van der Waals surface area contributed by atoms with E-state index >= 15 is 0 Å². The minimum Gasteiger partial charge on any atom is -0.360 e. The van der Waals surface area contributed by atoms with Crippen LogP contribution in [0.15, 0.2) is 26.6 Å². The number of amides is 1. The second kappa shape index (κ2) is 7.84. The maximum absolute atomic E-state index is 13.0. The summed E-state index contributed by atoms with van der Waals surface area (Å²) in [6.45, 7) is 9.21. The maximum atomic E-state index is 13.0. The molecule has 0 spiro atoms. The normalized spacial score (nSPS) is 15.5. The summed E-state index contributed by atoms with van der Waals surface area (Å²) in [5.41, 5.74) is 1.27. The first kappa shape index (κ1) is 18.8. The Balaban J connectivity index is 1.36. The largest absolute Gasteiger partial charge is 0.360 e. The fraction of sp³-hybridized carbons (Fsp3) is 0.474. The summed E-state index contributed by atoms with van der Waals surface area (Å²) in [5.74, 6) is 2.01. The van der Waals surface area contributed by atoms with Gasteiger partial charge >= 0.3 is 0 Å². The Hall–Kier alpha value is -2.52. The number of hydrogen-bond acceptors (Lipinski definition) is 8. The minimum atomic E-state index is -0.000119. The summed E-state index contributed by atoms with van der Waals surface area (Å²) in [4.78, 5) is 22.5. The first-order valence-electron chi connectivity index (χ1n) is 9.37. The van der Waals surface area contributed by atoms with Gasteiger partial charge in [0.15, 0.2) is 5.76 Å². The highest BCUT2D eigenvalue weighted by molar-refractivity contribution is 7.13. The van der Waals surface area contributed by atoms with Crippen LogP contribution in [0.4, 0.5) is 0 Å². The summed E-state index contributed by atoms with van der Waals surface area (Å²) in [7, 11) is 0. The summed E-state index contributed by atoms with van der Waals surface area (Å²) in [6.07, 6.45) is 0. The van der Waals surface area contributed by atoms with E-state index in [2.05, 4.69) is 20.2 Å². The third-order valence-electron chi connectivity index (χ3n) is 4.86. The van der Waals surface area contributed by atoms with Crippen molar-refractivity contribution >= 4 is 17.2 Å². The van der Waals surface area contributed by atoms with Crippen molar-refractivity contribution in [3.8, 4) is 10.7 Å². The molecule has 1 aliphatic rings. The number of hydrogen-bond donors (Lipinski definition) is 0. The molecular weight excluding hydrogens is 378 g/mol. The number of aromatic nitrogens is 3. The lowest BCUT2D eigenvalue weighted by Crippen LogP contribution is -2.48. The number of rotatable bonds is 5. The summed E-state index contributed by atoms with van der Waals surface area (Å²) >= 11 is 1.59. The number of nitrogens with zero attached hydrogens (tertiary/aromatic N) is 5. The molecular formula is C19H23N5O3S. The number of carbonyl (C=O) groups is 1. The number of aryl methyl sites for hydroxylation is 1. The van der Waals surface area contributed by atoms with Gasteiger partial charge in [-0.05, 0) is 18.4 Å². The molecule has 3 aromatic heterocycles. The molecule has 1 saturated heterocycles. The fourth-order valence-electron chi connectivity index (χ4n) is 3.32. The molecule has 0 saturated carbocycles. The summed E-state index contributed by atoms with van der Waals surface area (Å²) in [5, 5.41) is 10.0. The lowest BCUT2D eigenvalue weighted by Gasteiger charge is -2.34. The van der Waals surface area contributed by atoms with Gasteiger partial charge in [0.1, 0.15) is 5.56 Å². The quantitative estimate of drug-likeness (QED) is 0.649. The molecule has 0 radical (unpaired) electrons. The van der Waals surface area contributed by atoms with Crippen LogP contribution in [0.5, 0.6) is 0 Å². The highest BCUT2D eigenvalue weighted by Crippen LogP contribution is 2.25. The second-order valence-electron chi connectivity index (χ2n) is 7.22. The lowest BCUT2D eigenvalue weighted by atomic mass is 10.0. The van der Waals surface area contributed by atoms with E-state index in [-0.39, 0.29) is 11.8 Å². The molecule has 0 bridgehead atoms. The van der Waals surface area contributed by atoms with Gasteiger partial charge in [-0.3, -0.25) is 9.69 Å². The standard InChI is InChI=1S/C19H23N5O3S/c1-12(2)17-16(13(3)21-27-17)19(25)24-8-6-23(7-9-24)11-15-20-18(22-26-15)14-5-4-10-28-14/h4-5,10,12H,6-9,11H2,1-3H3. The van der Waals surface area contributed by atoms with Crippen molar-refractivity contribution in [3.05, 3.63) is 40.4 Å². The van der Waals surface area contributed by atoms with E-state index in [1.54, 1.807) is 11.3 Å². The van der Waals surface area contributed by atoms with Gasteiger partial charge in [-0.15, -0.1) is 11.3 Å². The number of carbonyl (C=O) groups excluding carboxylic acids is 1. The minimum absolute atomic E-state index is 0.000119. The Morgan fingerprint density at radius 2 is 2.00 bits per heavy atom. The molecule has 4 heterocycles. The molecule has 148 valence electrons. The van der Waals surface area contributed by atoms with Crippen molar-refractivity contribution in [2.24, 2.45) is 0 Å². The molecule has 3 aromatic rings. The highest BCUT2D eigenvalue weighted by Gasteiger charge is 2.29. The van der Waals surface area contributed by atoms with Gasteiger partial charge in [0, 0.05) is 32.1 Å². The molecule has 0 atom stereocenters. The number of piperazine rings is 1. The number of thiophene rings is 1. The molecule has 0 unspecified atom stereocenters. The molecule has 9 heteroatoms. The molecule has 1 aliphatic heterocycles. The van der Waals surface area contributed by atoms with E-state index in [1.165, 1.54) is 0 Å². The monoisotopic (exact) mass is 401 g/mol. The Morgan fingerprint density at radius 3 is 2.68 bits per heavy atom. The molecule has 1 amide bonds. The predicted molar refractivity (Wildman–Crippen MR) is 104 cm³/mol. The van der Waals surface area contributed by atoms with Crippen LogP contribution >= 0.6 is 11.3 Å². The molecule has 1 fully saturated rings. The van der Waals surface area contributed by atoms with Gasteiger partial charge in [-0.2, -0.15) is 4.98 Å². The Bertz CT molecular complexity index is 939. The summed E-state index contributed by atoms with van der Waals surface area (Å²) < 4.78 is 10.8. The zero-order chi connectivity index (χ0) is 19.7. The Labute approximate surface area is 167 Å².